The largest absolute Gasteiger partial charge is 0.316 e. The van der Waals surface area contributed by atoms with E-state index in [1.165, 1.54) is 11.5 Å². The molecule has 0 aromatic carbocycles. The summed E-state index contributed by atoms with van der Waals surface area (Å²) in [6, 6.07) is 0. The van der Waals surface area contributed by atoms with E-state index in [1.54, 1.807) is 0 Å². The molecule has 2 heterocycles. The number of rotatable bonds is 2. The molecule has 15 heavy (non-hydrogen) atoms. The van der Waals surface area contributed by atoms with E-state index in [-0.39, 0.29) is 11.3 Å². The van der Waals surface area contributed by atoms with Gasteiger partial charge < -0.3 is 10.6 Å². The Kier molecular flexibility index (Phi) is 2.70. The van der Waals surface area contributed by atoms with Gasteiger partial charge in [-0.1, -0.05) is 0 Å². The number of nitrogens with one attached hydrogen (secondary N) is 2. The number of nitrogens with zero attached hydrogens (tertiary/aromatic N) is 2. The van der Waals surface area contributed by atoms with Gasteiger partial charge in [0, 0.05) is 18.1 Å². The zero-order chi connectivity index (χ0) is 10.9. The molecule has 1 saturated heterocycles. The van der Waals surface area contributed by atoms with Crippen LogP contribution in [0.2, 0.25) is 0 Å². The van der Waals surface area contributed by atoms with Crippen LogP contribution in [0.4, 0.5) is 5.13 Å². The molecule has 0 spiro atoms. The SMILES string of the molecule is Cc1nsc(NC(=O)C2(C)CCNC2)n1. The van der Waals surface area contributed by atoms with Crippen molar-refractivity contribution in [3.63, 3.8) is 0 Å². The minimum absolute atomic E-state index is 0.0312. The maximum absolute atomic E-state index is 11.9. The molecule has 1 aliphatic heterocycles. The summed E-state index contributed by atoms with van der Waals surface area (Å²) in [5.74, 6) is 0.730. The van der Waals surface area contributed by atoms with Gasteiger partial charge in [0.2, 0.25) is 11.0 Å². The first-order chi connectivity index (χ1) is 7.10. The Bertz CT molecular complexity index is 370. The van der Waals surface area contributed by atoms with Crippen LogP contribution >= 0.6 is 11.5 Å². The molecule has 2 N–H and O–H groups in total. The van der Waals surface area contributed by atoms with Crippen molar-refractivity contribution in [3.8, 4) is 0 Å². The average Bonchev–Trinajstić information content (AvgIpc) is 2.76. The van der Waals surface area contributed by atoms with Crippen LogP contribution < -0.4 is 10.6 Å². The minimum Gasteiger partial charge on any atom is -0.316 e. The molecular formula is C9H14N4OS. The van der Waals surface area contributed by atoms with E-state index >= 15 is 0 Å². The van der Waals surface area contributed by atoms with Gasteiger partial charge in [-0.25, -0.2) is 4.98 Å². The summed E-state index contributed by atoms with van der Waals surface area (Å²) in [4.78, 5) is 16.0. The highest BCUT2D eigenvalue weighted by molar-refractivity contribution is 7.09. The third-order valence-corrected chi connectivity index (χ3v) is 3.39. The summed E-state index contributed by atoms with van der Waals surface area (Å²) in [5, 5.41) is 6.59. The van der Waals surface area contributed by atoms with Crippen LogP contribution in [0.25, 0.3) is 0 Å². The topological polar surface area (TPSA) is 66.9 Å². The minimum atomic E-state index is -0.306. The maximum atomic E-state index is 11.9. The molecule has 1 atom stereocenters. The second kappa shape index (κ2) is 3.86. The monoisotopic (exact) mass is 226 g/mol. The Labute approximate surface area is 92.5 Å². The van der Waals surface area contributed by atoms with Gasteiger partial charge in [-0.05, 0) is 26.8 Å². The predicted molar refractivity (Wildman–Crippen MR) is 58.9 cm³/mol. The number of anilines is 1. The zero-order valence-electron chi connectivity index (χ0n) is 8.83. The second-order valence-electron chi connectivity index (χ2n) is 4.09. The van der Waals surface area contributed by atoms with E-state index in [0.717, 1.165) is 19.5 Å². The van der Waals surface area contributed by atoms with Gasteiger partial charge in [0.05, 0.1) is 5.41 Å². The van der Waals surface area contributed by atoms with Crippen molar-refractivity contribution in [2.24, 2.45) is 5.41 Å². The lowest BCUT2D eigenvalue weighted by Gasteiger charge is -2.20. The average molecular weight is 226 g/mol. The molecule has 1 unspecified atom stereocenters. The van der Waals surface area contributed by atoms with Crippen LogP contribution in [0.5, 0.6) is 0 Å². The number of aryl methyl sites for hydroxylation is 1. The molecule has 1 aromatic heterocycles. The van der Waals surface area contributed by atoms with E-state index in [0.29, 0.717) is 11.0 Å². The first kappa shape index (κ1) is 10.5. The molecule has 0 bridgehead atoms. The highest BCUT2D eigenvalue weighted by Crippen LogP contribution is 2.26. The van der Waals surface area contributed by atoms with Gasteiger partial charge in [-0.3, -0.25) is 4.79 Å². The van der Waals surface area contributed by atoms with Crippen molar-refractivity contribution in [2.45, 2.75) is 20.3 Å². The summed E-state index contributed by atoms with van der Waals surface area (Å²) >= 11 is 1.22. The van der Waals surface area contributed by atoms with Crippen molar-refractivity contribution in [3.05, 3.63) is 5.82 Å². The van der Waals surface area contributed by atoms with Gasteiger partial charge in [-0.15, -0.1) is 0 Å². The Morgan fingerprint density at radius 2 is 2.47 bits per heavy atom. The Hall–Kier alpha value is -1.01. The summed E-state index contributed by atoms with van der Waals surface area (Å²) in [5.41, 5.74) is -0.306. The Morgan fingerprint density at radius 3 is 3.00 bits per heavy atom. The van der Waals surface area contributed by atoms with E-state index in [4.69, 9.17) is 0 Å². The van der Waals surface area contributed by atoms with Gasteiger partial charge in [0.15, 0.2) is 0 Å². The van der Waals surface area contributed by atoms with Crippen LogP contribution in [-0.4, -0.2) is 28.4 Å². The first-order valence-corrected chi connectivity index (χ1v) is 5.70. The van der Waals surface area contributed by atoms with Crippen molar-refractivity contribution in [1.29, 1.82) is 0 Å². The van der Waals surface area contributed by atoms with Crippen molar-refractivity contribution in [1.82, 2.24) is 14.7 Å². The molecule has 1 amide bonds. The number of amides is 1. The molecular weight excluding hydrogens is 212 g/mol. The molecule has 0 saturated carbocycles. The van der Waals surface area contributed by atoms with Crippen LogP contribution in [-0.2, 0) is 4.79 Å². The number of carbonyl (C=O) groups is 1. The van der Waals surface area contributed by atoms with Crippen LogP contribution in [0.1, 0.15) is 19.2 Å². The number of aromatic nitrogens is 2. The number of carbonyl (C=O) groups excluding carboxylic acids is 1. The van der Waals surface area contributed by atoms with E-state index in [2.05, 4.69) is 20.0 Å². The summed E-state index contributed by atoms with van der Waals surface area (Å²) in [6.07, 6.45) is 0.872. The van der Waals surface area contributed by atoms with Gasteiger partial charge >= 0.3 is 0 Å². The molecule has 2 rings (SSSR count). The Balaban J connectivity index is 2.03. The molecule has 6 heteroatoms. The first-order valence-electron chi connectivity index (χ1n) is 4.93. The van der Waals surface area contributed by atoms with Gasteiger partial charge in [-0.2, -0.15) is 4.37 Å². The third kappa shape index (κ3) is 2.15. The van der Waals surface area contributed by atoms with E-state index in [9.17, 15) is 4.79 Å². The molecule has 1 aliphatic rings. The fourth-order valence-corrected chi connectivity index (χ4v) is 2.18. The Morgan fingerprint density at radius 1 is 1.67 bits per heavy atom. The molecule has 82 valence electrons. The smallest absolute Gasteiger partial charge is 0.233 e. The summed E-state index contributed by atoms with van der Waals surface area (Å²) in [6.45, 7) is 5.41. The van der Waals surface area contributed by atoms with E-state index < -0.39 is 0 Å². The maximum Gasteiger partial charge on any atom is 0.233 e. The molecule has 1 fully saturated rings. The number of hydrogen-bond acceptors (Lipinski definition) is 5. The van der Waals surface area contributed by atoms with Gasteiger partial charge in [0.25, 0.3) is 0 Å². The van der Waals surface area contributed by atoms with Crippen LogP contribution in [0, 0.1) is 12.3 Å². The molecule has 0 aliphatic carbocycles. The fraction of sp³-hybridized carbons (Fsp3) is 0.667. The summed E-state index contributed by atoms with van der Waals surface area (Å²) in [7, 11) is 0. The second-order valence-corrected chi connectivity index (χ2v) is 4.84. The quantitative estimate of drug-likeness (QED) is 0.782. The summed E-state index contributed by atoms with van der Waals surface area (Å²) < 4.78 is 4.02. The number of hydrogen-bond donors (Lipinski definition) is 2. The zero-order valence-corrected chi connectivity index (χ0v) is 9.65. The lowest BCUT2D eigenvalue weighted by molar-refractivity contribution is -0.123. The molecule has 0 radical (unpaired) electrons. The lowest BCUT2D eigenvalue weighted by atomic mass is 9.89. The molecule has 5 nitrogen and oxygen atoms in total. The highest BCUT2D eigenvalue weighted by Gasteiger charge is 2.36. The van der Waals surface area contributed by atoms with Crippen molar-refractivity contribution >= 4 is 22.6 Å². The standard InChI is InChI=1S/C9H14N4OS/c1-6-11-8(15-13-6)12-7(14)9(2)3-4-10-5-9/h10H,3-5H2,1-2H3,(H,11,12,13,14). The van der Waals surface area contributed by atoms with Crippen molar-refractivity contribution in [2.75, 3.05) is 18.4 Å². The fourth-order valence-electron chi connectivity index (χ4n) is 1.61. The van der Waals surface area contributed by atoms with Crippen LogP contribution in [0.3, 0.4) is 0 Å². The van der Waals surface area contributed by atoms with E-state index in [1.807, 2.05) is 13.8 Å². The van der Waals surface area contributed by atoms with Gasteiger partial charge in [0.1, 0.15) is 5.82 Å². The highest BCUT2D eigenvalue weighted by atomic mass is 32.1. The normalized spacial score (nSPS) is 25.5. The lowest BCUT2D eigenvalue weighted by Crippen LogP contribution is -2.35. The third-order valence-electron chi connectivity index (χ3n) is 2.66. The molecule has 1 aromatic rings. The van der Waals surface area contributed by atoms with Crippen molar-refractivity contribution < 1.29 is 4.79 Å². The predicted octanol–water partition coefficient (Wildman–Crippen LogP) is 0.785. The van der Waals surface area contributed by atoms with Crippen LogP contribution in [0.15, 0.2) is 0 Å².